The van der Waals surface area contributed by atoms with E-state index in [4.69, 9.17) is 0 Å². The second-order valence-electron chi connectivity index (χ2n) is 3.41. The predicted molar refractivity (Wildman–Crippen MR) is 64.2 cm³/mol. The number of rotatable bonds is 5. The first-order valence-electron chi connectivity index (χ1n) is 5.37. The molecule has 0 aliphatic heterocycles. The zero-order valence-electron chi connectivity index (χ0n) is 9.74. The molecule has 0 saturated carbocycles. The van der Waals surface area contributed by atoms with E-state index in [1.807, 2.05) is 11.9 Å². The molecule has 0 atom stereocenters. The molecule has 0 bridgehead atoms. The monoisotopic (exact) mass is 245 g/mol. The molecule has 15 heavy (non-hydrogen) atoms. The Morgan fingerprint density at radius 2 is 1.40 bits per heavy atom. The highest BCUT2D eigenvalue weighted by Gasteiger charge is 2.23. The van der Waals surface area contributed by atoms with Gasteiger partial charge in [0.05, 0.1) is 24.5 Å². The van der Waals surface area contributed by atoms with Crippen molar-refractivity contribution in [1.82, 2.24) is 0 Å². The van der Waals surface area contributed by atoms with Gasteiger partial charge >= 0.3 is 0 Å². The molecule has 0 unspecified atom stereocenters. The average Bonchev–Trinajstić information content (AvgIpc) is 2.28. The Labute approximate surface area is 104 Å². The number of benzene rings is 1. The average molecular weight is 246 g/mol. The molecule has 0 saturated heterocycles. The Bertz CT molecular complexity index is 251. The van der Waals surface area contributed by atoms with Gasteiger partial charge in [-0.2, -0.15) is 0 Å². The zero-order valence-corrected chi connectivity index (χ0v) is 11.3. The molecule has 0 spiro atoms. The number of quaternary nitrogens is 1. The lowest BCUT2D eigenvalue weighted by Crippen LogP contribution is -3.00. The topological polar surface area (TPSA) is 0 Å². The van der Waals surface area contributed by atoms with Crippen LogP contribution in [0.3, 0.4) is 0 Å². The fourth-order valence-corrected chi connectivity index (χ4v) is 2.68. The lowest BCUT2D eigenvalue weighted by molar-refractivity contribution is -0.789. The molecule has 0 fully saturated rings. The molecule has 86 valence electrons. The Morgan fingerprint density at radius 3 is 1.80 bits per heavy atom. The van der Waals surface area contributed by atoms with Gasteiger partial charge in [-0.15, -0.1) is 0 Å². The van der Waals surface area contributed by atoms with Crippen LogP contribution in [0.1, 0.15) is 20.8 Å². The van der Waals surface area contributed by atoms with Gasteiger partial charge in [-0.05, 0) is 32.9 Å². The van der Waals surface area contributed by atoms with Crippen molar-refractivity contribution in [2.75, 3.05) is 19.6 Å². The minimum atomic E-state index is 0. The van der Waals surface area contributed by atoms with Gasteiger partial charge < -0.3 is 12.4 Å². The van der Waals surface area contributed by atoms with E-state index in [1.54, 1.807) is 0 Å². The van der Waals surface area contributed by atoms with Crippen LogP contribution in [0.15, 0.2) is 35.2 Å². The van der Waals surface area contributed by atoms with E-state index in [2.05, 4.69) is 51.1 Å². The first-order chi connectivity index (χ1) is 6.76. The molecule has 1 aromatic rings. The highest BCUT2D eigenvalue weighted by molar-refractivity contribution is 7.93. The van der Waals surface area contributed by atoms with Gasteiger partial charge in [-0.1, -0.05) is 18.2 Å². The first kappa shape index (κ1) is 14.8. The van der Waals surface area contributed by atoms with E-state index >= 15 is 0 Å². The SMILES string of the molecule is CC[N+](CC)(CC)Sc1ccccc1.[Cl-]. The Kier molecular flexibility index (Phi) is 7.07. The largest absolute Gasteiger partial charge is 1.00 e. The first-order valence-corrected chi connectivity index (χ1v) is 6.14. The summed E-state index contributed by atoms with van der Waals surface area (Å²) in [6.07, 6.45) is 0. The van der Waals surface area contributed by atoms with E-state index in [9.17, 15) is 0 Å². The van der Waals surface area contributed by atoms with Crippen molar-refractivity contribution < 1.29 is 16.3 Å². The van der Waals surface area contributed by atoms with Crippen molar-refractivity contribution in [2.24, 2.45) is 0 Å². The minimum absolute atomic E-state index is 0. The van der Waals surface area contributed by atoms with Crippen molar-refractivity contribution in [3.8, 4) is 0 Å². The summed E-state index contributed by atoms with van der Waals surface area (Å²) in [5, 5.41) is 0. The number of hydrogen-bond acceptors (Lipinski definition) is 1. The lowest BCUT2D eigenvalue weighted by atomic mass is 10.4. The number of hydrogen-bond donors (Lipinski definition) is 0. The van der Waals surface area contributed by atoms with Crippen LogP contribution in [0.25, 0.3) is 0 Å². The van der Waals surface area contributed by atoms with E-state index in [-0.39, 0.29) is 12.4 Å². The molecule has 1 aromatic carbocycles. The predicted octanol–water partition coefficient (Wildman–Crippen LogP) is 0.574. The number of nitrogens with zero attached hydrogens (tertiary/aromatic N) is 1. The molecular formula is C12H20ClNS. The molecule has 0 aromatic heterocycles. The second-order valence-corrected chi connectivity index (χ2v) is 4.84. The van der Waals surface area contributed by atoms with Gasteiger partial charge in [0, 0.05) is 0 Å². The molecule has 0 aliphatic carbocycles. The minimum Gasteiger partial charge on any atom is -1.00 e. The van der Waals surface area contributed by atoms with Crippen LogP contribution in [-0.2, 0) is 0 Å². The Hall–Kier alpha value is -0.180. The third-order valence-electron chi connectivity index (χ3n) is 2.77. The van der Waals surface area contributed by atoms with E-state index in [1.165, 1.54) is 24.5 Å². The maximum absolute atomic E-state index is 2.27. The quantitative estimate of drug-likeness (QED) is 0.540. The van der Waals surface area contributed by atoms with Crippen molar-refractivity contribution in [3.05, 3.63) is 30.3 Å². The van der Waals surface area contributed by atoms with E-state index in [0.717, 1.165) is 3.89 Å². The summed E-state index contributed by atoms with van der Waals surface area (Å²) in [4.78, 5) is 1.37. The molecule has 3 heteroatoms. The zero-order chi connectivity index (χ0) is 10.4. The second kappa shape index (κ2) is 7.15. The summed E-state index contributed by atoms with van der Waals surface area (Å²) in [5.74, 6) is 0. The van der Waals surface area contributed by atoms with Gasteiger partial charge in [0.2, 0.25) is 0 Å². The van der Waals surface area contributed by atoms with Crippen molar-refractivity contribution in [3.63, 3.8) is 0 Å². The van der Waals surface area contributed by atoms with E-state index < -0.39 is 0 Å². The molecule has 0 N–H and O–H groups in total. The van der Waals surface area contributed by atoms with Crippen molar-refractivity contribution in [2.45, 2.75) is 25.7 Å². The summed E-state index contributed by atoms with van der Waals surface area (Å²) in [6.45, 7) is 10.4. The summed E-state index contributed by atoms with van der Waals surface area (Å²) in [5.41, 5.74) is 0. The molecule has 1 nitrogen and oxygen atoms in total. The van der Waals surface area contributed by atoms with Crippen molar-refractivity contribution >= 4 is 11.9 Å². The molecule has 0 radical (unpaired) electrons. The summed E-state index contributed by atoms with van der Waals surface area (Å²) < 4.78 is 1.12. The highest BCUT2D eigenvalue weighted by atomic mass is 35.5. The molecular weight excluding hydrogens is 226 g/mol. The van der Waals surface area contributed by atoms with Crippen molar-refractivity contribution in [1.29, 1.82) is 0 Å². The molecule has 1 rings (SSSR count). The number of halogens is 1. The van der Waals surface area contributed by atoms with Gasteiger partial charge in [0.25, 0.3) is 0 Å². The fourth-order valence-electron chi connectivity index (χ4n) is 1.57. The fraction of sp³-hybridized carbons (Fsp3) is 0.500. The molecule has 0 heterocycles. The van der Waals surface area contributed by atoms with Crippen LogP contribution in [0.4, 0.5) is 0 Å². The van der Waals surface area contributed by atoms with Crippen LogP contribution in [0.5, 0.6) is 0 Å². The smallest absolute Gasteiger partial charge is 0.112 e. The van der Waals surface area contributed by atoms with Crippen LogP contribution < -0.4 is 12.4 Å². The van der Waals surface area contributed by atoms with Gasteiger partial charge in [0.15, 0.2) is 0 Å². The van der Waals surface area contributed by atoms with E-state index in [0.29, 0.717) is 0 Å². The van der Waals surface area contributed by atoms with Crippen LogP contribution in [0, 0.1) is 0 Å². The highest BCUT2D eigenvalue weighted by Crippen LogP contribution is 2.29. The maximum Gasteiger partial charge on any atom is 0.112 e. The summed E-state index contributed by atoms with van der Waals surface area (Å²) in [6, 6.07) is 10.7. The van der Waals surface area contributed by atoms with Crippen LogP contribution in [0.2, 0.25) is 0 Å². The molecule has 0 aliphatic rings. The normalized spacial score (nSPS) is 10.9. The van der Waals surface area contributed by atoms with Gasteiger partial charge in [0.1, 0.15) is 11.9 Å². The summed E-state index contributed by atoms with van der Waals surface area (Å²) >= 11 is 1.97. The third-order valence-corrected chi connectivity index (χ3v) is 4.42. The maximum atomic E-state index is 2.27. The summed E-state index contributed by atoms with van der Waals surface area (Å²) in [7, 11) is 0. The third kappa shape index (κ3) is 4.06. The standard InChI is InChI=1S/C12H20NS.ClH/c1-4-13(5-2,6-3)14-12-10-8-7-9-11-12;/h7-11H,4-6H2,1-3H3;1H/q+1;/p-1. The van der Waals surface area contributed by atoms with Crippen LogP contribution >= 0.6 is 11.9 Å². The Balaban J connectivity index is 0.00000196. The Morgan fingerprint density at radius 1 is 0.933 bits per heavy atom. The van der Waals surface area contributed by atoms with Crippen LogP contribution in [-0.4, -0.2) is 23.5 Å². The lowest BCUT2D eigenvalue weighted by Gasteiger charge is -2.32. The molecule has 0 amide bonds. The van der Waals surface area contributed by atoms with Gasteiger partial charge in [-0.25, -0.2) is 0 Å². The van der Waals surface area contributed by atoms with Gasteiger partial charge in [-0.3, -0.25) is 3.89 Å².